The Bertz CT molecular complexity index is 1120. The van der Waals surface area contributed by atoms with E-state index in [-0.39, 0.29) is 30.2 Å². The number of hydrogen-bond donors (Lipinski definition) is 0. The molecule has 0 N–H and O–H groups in total. The number of aromatic nitrogens is 1. The summed E-state index contributed by atoms with van der Waals surface area (Å²) in [4.78, 5) is 39.1. The molecule has 1 aromatic heterocycles. The van der Waals surface area contributed by atoms with Gasteiger partial charge in [-0.05, 0) is 25.1 Å². The second-order valence-electron chi connectivity index (χ2n) is 5.79. The Morgan fingerprint density at radius 3 is 2.66 bits per heavy atom. The first-order chi connectivity index (χ1) is 14.0. The fourth-order valence-corrected chi connectivity index (χ4v) is 3.57. The average Bonchev–Trinajstić information content (AvgIpc) is 3.03. The van der Waals surface area contributed by atoms with Gasteiger partial charge in [0.15, 0.2) is 11.4 Å². The molecule has 0 saturated heterocycles. The smallest absolute Gasteiger partial charge is 0.326 e. The van der Waals surface area contributed by atoms with E-state index in [1.165, 1.54) is 16.7 Å². The van der Waals surface area contributed by atoms with Gasteiger partial charge in [-0.25, -0.2) is 0 Å². The summed E-state index contributed by atoms with van der Waals surface area (Å²) in [7, 11) is 0. The summed E-state index contributed by atoms with van der Waals surface area (Å²) in [5.74, 6) is -0.553. The Labute approximate surface area is 169 Å². The number of ether oxygens (including phenoxy) is 2. The number of amides is 1. The number of carbonyl (C=O) groups is 2. The van der Waals surface area contributed by atoms with E-state index in [0.717, 1.165) is 11.3 Å². The normalized spacial score (nSPS) is 11.4. The van der Waals surface area contributed by atoms with Crippen molar-refractivity contribution < 1.29 is 24.0 Å². The lowest BCUT2D eigenvalue weighted by molar-refractivity contribution is -0.384. The van der Waals surface area contributed by atoms with E-state index in [4.69, 9.17) is 9.47 Å². The van der Waals surface area contributed by atoms with Crippen molar-refractivity contribution >= 4 is 39.1 Å². The van der Waals surface area contributed by atoms with Crippen molar-refractivity contribution in [2.75, 3.05) is 13.2 Å². The number of non-ortho nitro benzene ring substituents is 1. The fraction of sp³-hybridized carbons (Fsp3) is 0.211. The minimum absolute atomic E-state index is 0.127. The van der Waals surface area contributed by atoms with Crippen LogP contribution >= 0.6 is 11.3 Å². The van der Waals surface area contributed by atoms with Gasteiger partial charge in [0.1, 0.15) is 12.3 Å². The highest BCUT2D eigenvalue weighted by molar-refractivity contribution is 7.16. The van der Waals surface area contributed by atoms with E-state index < -0.39 is 16.8 Å². The molecule has 1 heterocycles. The quantitative estimate of drug-likeness (QED) is 0.333. The van der Waals surface area contributed by atoms with Crippen LogP contribution in [0.3, 0.4) is 0 Å². The maximum Gasteiger partial charge on any atom is 0.326 e. The summed E-state index contributed by atoms with van der Waals surface area (Å²) in [5, 5.41) is 11.1. The van der Waals surface area contributed by atoms with Crippen molar-refractivity contribution in [3.63, 3.8) is 0 Å². The maximum atomic E-state index is 12.3. The summed E-state index contributed by atoms with van der Waals surface area (Å²) < 4.78 is 12.4. The Hall–Kier alpha value is -3.53. The number of carbonyl (C=O) groups excluding carboxylic acids is 2. The second kappa shape index (κ2) is 9.11. The first-order valence-electron chi connectivity index (χ1n) is 8.66. The Balaban J connectivity index is 1.95. The molecule has 0 saturated carbocycles. The Morgan fingerprint density at radius 1 is 1.21 bits per heavy atom. The third kappa shape index (κ3) is 5.05. The lowest BCUT2D eigenvalue weighted by Crippen LogP contribution is -2.24. The molecule has 0 unspecified atom stereocenters. The predicted octanol–water partition coefficient (Wildman–Crippen LogP) is 2.68. The van der Waals surface area contributed by atoms with Crippen molar-refractivity contribution in [1.82, 2.24) is 4.57 Å². The van der Waals surface area contributed by atoms with Gasteiger partial charge in [-0.1, -0.05) is 29.5 Å². The minimum atomic E-state index is -0.549. The zero-order valence-corrected chi connectivity index (χ0v) is 16.3. The zero-order chi connectivity index (χ0) is 20.8. The van der Waals surface area contributed by atoms with Gasteiger partial charge in [0.2, 0.25) is 0 Å². The molecule has 0 aliphatic heterocycles. The van der Waals surface area contributed by atoms with Crippen LogP contribution < -0.4 is 9.54 Å². The molecular weight excluding hydrogens is 398 g/mol. The molecule has 0 fully saturated rings. The molecule has 0 atom stereocenters. The van der Waals surface area contributed by atoms with Crippen LogP contribution in [0.25, 0.3) is 10.2 Å². The molecule has 2 aromatic carbocycles. The Morgan fingerprint density at radius 2 is 1.97 bits per heavy atom. The second-order valence-corrected chi connectivity index (χ2v) is 6.80. The molecule has 3 rings (SSSR count). The van der Waals surface area contributed by atoms with Crippen LogP contribution in [-0.2, 0) is 20.9 Å². The lowest BCUT2D eigenvalue weighted by Gasteiger charge is -2.05. The Kier molecular flexibility index (Phi) is 6.35. The van der Waals surface area contributed by atoms with Crippen LogP contribution in [0.15, 0.2) is 53.5 Å². The minimum Gasteiger partial charge on any atom is -0.484 e. The van der Waals surface area contributed by atoms with Crippen LogP contribution in [0.4, 0.5) is 5.69 Å². The third-order valence-electron chi connectivity index (χ3n) is 3.79. The van der Waals surface area contributed by atoms with Gasteiger partial charge in [0.05, 0.1) is 21.7 Å². The number of nitro benzene ring substituents is 1. The molecule has 0 radical (unpaired) electrons. The summed E-state index contributed by atoms with van der Waals surface area (Å²) in [6, 6.07) is 13.1. The molecule has 29 heavy (non-hydrogen) atoms. The third-order valence-corrected chi connectivity index (χ3v) is 4.85. The first-order valence-corrected chi connectivity index (χ1v) is 9.48. The van der Waals surface area contributed by atoms with Crippen molar-refractivity contribution in [3.05, 3.63) is 63.4 Å². The monoisotopic (exact) mass is 415 g/mol. The van der Waals surface area contributed by atoms with Crippen molar-refractivity contribution in [2.24, 2.45) is 4.99 Å². The molecular formula is C19H17N3O6S. The molecule has 150 valence electrons. The number of thiazole rings is 1. The topological polar surface area (TPSA) is 113 Å². The van der Waals surface area contributed by atoms with Gasteiger partial charge in [0, 0.05) is 12.1 Å². The van der Waals surface area contributed by atoms with E-state index in [1.807, 2.05) is 6.07 Å². The van der Waals surface area contributed by atoms with Crippen molar-refractivity contribution in [2.45, 2.75) is 13.5 Å². The van der Waals surface area contributed by atoms with Crippen molar-refractivity contribution in [3.8, 4) is 5.75 Å². The number of benzene rings is 2. The van der Waals surface area contributed by atoms with Gasteiger partial charge in [-0.3, -0.25) is 19.7 Å². The highest BCUT2D eigenvalue weighted by atomic mass is 32.1. The standard InChI is InChI=1S/C19H17N3O6S/c1-2-27-18(24)11-21-15-10-13(22(25)26)8-9-16(15)29-19(21)20-17(23)12-28-14-6-4-3-5-7-14/h3-10H,2,11-12H2,1H3. The number of hydrogen-bond acceptors (Lipinski definition) is 7. The zero-order valence-electron chi connectivity index (χ0n) is 15.4. The van der Waals surface area contributed by atoms with Crippen LogP contribution in [0.2, 0.25) is 0 Å². The van der Waals surface area contributed by atoms with E-state index in [1.54, 1.807) is 37.3 Å². The molecule has 9 nitrogen and oxygen atoms in total. The van der Waals surface area contributed by atoms with E-state index in [9.17, 15) is 19.7 Å². The lowest BCUT2D eigenvalue weighted by atomic mass is 10.3. The largest absolute Gasteiger partial charge is 0.484 e. The molecule has 10 heteroatoms. The highest BCUT2D eigenvalue weighted by Gasteiger charge is 2.15. The van der Waals surface area contributed by atoms with Crippen LogP contribution in [0.1, 0.15) is 6.92 Å². The molecule has 1 amide bonds. The van der Waals surface area contributed by atoms with Gasteiger partial charge in [-0.15, -0.1) is 0 Å². The number of rotatable bonds is 7. The number of nitrogens with zero attached hydrogens (tertiary/aromatic N) is 3. The molecule has 0 aliphatic rings. The highest BCUT2D eigenvalue weighted by Crippen LogP contribution is 2.23. The number of esters is 1. The number of fused-ring (bicyclic) bond motifs is 1. The average molecular weight is 415 g/mol. The summed E-state index contributed by atoms with van der Waals surface area (Å²) in [6.45, 7) is 1.37. The van der Waals surface area contributed by atoms with E-state index in [0.29, 0.717) is 16.0 Å². The van der Waals surface area contributed by atoms with Crippen LogP contribution in [-0.4, -0.2) is 34.6 Å². The molecule has 3 aromatic rings. The first kappa shape index (κ1) is 20.2. The van der Waals surface area contributed by atoms with Gasteiger partial charge in [-0.2, -0.15) is 4.99 Å². The SMILES string of the molecule is CCOC(=O)Cn1c(=NC(=O)COc2ccccc2)sc2ccc([N+](=O)[O-])cc21. The van der Waals surface area contributed by atoms with E-state index in [2.05, 4.69) is 4.99 Å². The van der Waals surface area contributed by atoms with Crippen LogP contribution in [0, 0.1) is 10.1 Å². The maximum absolute atomic E-state index is 12.3. The fourth-order valence-electron chi connectivity index (χ4n) is 2.55. The molecule has 0 aliphatic carbocycles. The van der Waals surface area contributed by atoms with Gasteiger partial charge in [0.25, 0.3) is 11.6 Å². The summed E-state index contributed by atoms with van der Waals surface area (Å²) in [6.07, 6.45) is 0. The summed E-state index contributed by atoms with van der Waals surface area (Å²) in [5.41, 5.74) is 0.297. The molecule has 0 spiro atoms. The van der Waals surface area contributed by atoms with Crippen molar-refractivity contribution in [1.29, 1.82) is 0 Å². The number of para-hydroxylation sites is 1. The van der Waals surface area contributed by atoms with E-state index >= 15 is 0 Å². The van der Waals surface area contributed by atoms with Gasteiger partial charge >= 0.3 is 5.97 Å². The predicted molar refractivity (Wildman–Crippen MR) is 106 cm³/mol. The van der Waals surface area contributed by atoms with Crippen LogP contribution in [0.5, 0.6) is 5.75 Å². The van der Waals surface area contributed by atoms with Gasteiger partial charge < -0.3 is 14.0 Å². The number of nitro groups is 1. The summed E-state index contributed by atoms with van der Waals surface area (Å²) >= 11 is 1.14. The molecule has 0 bridgehead atoms.